The van der Waals surface area contributed by atoms with Crippen LogP contribution in [0.4, 0.5) is 18.9 Å². The Morgan fingerprint density at radius 1 is 1.28 bits per heavy atom. The summed E-state index contributed by atoms with van der Waals surface area (Å²) in [5.74, 6) is 5.27. The van der Waals surface area contributed by atoms with Gasteiger partial charge in [0.15, 0.2) is 0 Å². The number of aliphatic hydroxyl groups is 1. The lowest BCUT2D eigenvalue weighted by Gasteiger charge is -2.36. The molecule has 9 nitrogen and oxygen atoms in total. The highest BCUT2D eigenvalue weighted by atomic mass is 19.4. The fourth-order valence-electron chi connectivity index (χ4n) is 4.30. The molecule has 1 saturated heterocycles. The third-order valence-corrected chi connectivity index (χ3v) is 6.62. The first kappa shape index (κ1) is 28.0. The highest BCUT2D eigenvalue weighted by Gasteiger charge is 2.35. The van der Waals surface area contributed by atoms with Gasteiger partial charge in [0.1, 0.15) is 5.69 Å². The number of aliphatic hydroxyl groups excluding tert-OH is 1. The molecule has 0 spiro atoms. The van der Waals surface area contributed by atoms with Gasteiger partial charge in [0.25, 0.3) is 5.91 Å². The number of likely N-dealkylation sites (tertiary alicyclic amines) is 1. The zero-order valence-corrected chi connectivity index (χ0v) is 21.8. The smallest absolute Gasteiger partial charge is 0.390 e. The molecule has 1 aliphatic heterocycles. The molecule has 2 aromatic carbocycles. The first-order valence-electron chi connectivity index (χ1n) is 12.1. The first-order valence-corrected chi connectivity index (χ1v) is 12.1. The van der Waals surface area contributed by atoms with Gasteiger partial charge >= 0.3 is 6.18 Å². The van der Waals surface area contributed by atoms with Gasteiger partial charge < -0.3 is 15.4 Å². The maximum absolute atomic E-state index is 13.8. The molecule has 206 valence electrons. The van der Waals surface area contributed by atoms with Crippen LogP contribution in [0.2, 0.25) is 0 Å². The minimum absolute atomic E-state index is 0.0204. The Bertz CT molecular complexity index is 1420. The Morgan fingerprint density at radius 3 is 2.62 bits per heavy atom. The second kappa shape index (κ2) is 11.0. The first-order chi connectivity index (χ1) is 18.4. The number of nitrogens with zero attached hydrogens (tertiary/aromatic N) is 5. The van der Waals surface area contributed by atoms with Gasteiger partial charge in [-0.25, -0.2) is 10.5 Å². The number of rotatable bonds is 8. The molecule has 0 saturated carbocycles. The molecule has 12 heteroatoms. The normalized spacial score (nSPS) is 15.0. The average molecular weight is 542 g/mol. The molecule has 1 aromatic heterocycles. The highest BCUT2D eigenvalue weighted by Crippen LogP contribution is 2.35. The number of amides is 1. The third kappa shape index (κ3) is 6.19. The van der Waals surface area contributed by atoms with Crippen molar-refractivity contribution >= 4 is 17.2 Å². The number of hydrogen-bond donors (Lipinski definition) is 3. The predicted molar refractivity (Wildman–Crippen MR) is 142 cm³/mol. The summed E-state index contributed by atoms with van der Waals surface area (Å²) in [5, 5.41) is 21.8. The molecule has 1 amide bonds. The van der Waals surface area contributed by atoms with Crippen molar-refractivity contribution in [1.29, 1.82) is 0 Å². The molecule has 3 aromatic rings. The van der Waals surface area contributed by atoms with Crippen molar-refractivity contribution in [3.05, 3.63) is 88.9 Å². The molecule has 39 heavy (non-hydrogen) atoms. The summed E-state index contributed by atoms with van der Waals surface area (Å²) in [6, 6.07) is 8.63. The maximum Gasteiger partial charge on any atom is 0.416 e. The van der Waals surface area contributed by atoms with Gasteiger partial charge in [0.05, 0.1) is 23.6 Å². The Labute approximate surface area is 224 Å². The van der Waals surface area contributed by atoms with Crippen LogP contribution in [0, 0.1) is 6.92 Å². The largest absolute Gasteiger partial charge is 0.416 e. The van der Waals surface area contributed by atoms with Crippen molar-refractivity contribution in [1.82, 2.24) is 24.9 Å². The van der Waals surface area contributed by atoms with Crippen LogP contribution in [-0.2, 0) is 12.7 Å². The Balaban J connectivity index is 1.58. The Morgan fingerprint density at radius 2 is 2.00 bits per heavy atom. The van der Waals surface area contributed by atoms with Crippen LogP contribution in [0.15, 0.2) is 60.9 Å². The molecule has 1 aliphatic rings. The monoisotopic (exact) mass is 541 g/mol. The number of nitrogens with two attached hydrogens (primary N) is 1. The van der Waals surface area contributed by atoms with E-state index in [1.165, 1.54) is 21.8 Å². The summed E-state index contributed by atoms with van der Waals surface area (Å²) in [5.41, 5.74) is 2.83. The Kier molecular flexibility index (Phi) is 7.91. The van der Waals surface area contributed by atoms with Gasteiger partial charge in [-0.3, -0.25) is 9.69 Å². The van der Waals surface area contributed by atoms with Crippen molar-refractivity contribution in [2.45, 2.75) is 32.7 Å². The van der Waals surface area contributed by atoms with Crippen LogP contribution >= 0.6 is 0 Å². The number of β-amino-alcohol motifs (C(OH)–C–C–N with tert-alkyl or cyclic N) is 1. The average Bonchev–Trinajstić information content (AvgIpc) is 3.33. The number of benzene rings is 2. The summed E-state index contributed by atoms with van der Waals surface area (Å²) in [6.45, 7) is 8.19. The maximum atomic E-state index is 13.8. The fraction of sp³-hybridized carbons (Fsp3) is 0.296. The van der Waals surface area contributed by atoms with E-state index in [2.05, 4.69) is 22.2 Å². The van der Waals surface area contributed by atoms with Crippen LogP contribution in [-0.4, -0.2) is 62.2 Å². The zero-order chi connectivity index (χ0) is 28.5. The number of hydrazine groups is 1. The number of halogens is 3. The number of hydrogen-bond acceptors (Lipinski definition) is 7. The van der Waals surface area contributed by atoms with E-state index in [4.69, 9.17) is 5.84 Å². The third-order valence-electron chi connectivity index (χ3n) is 6.62. The second-order valence-electron chi connectivity index (χ2n) is 9.54. The van der Waals surface area contributed by atoms with Crippen molar-refractivity contribution in [3.8, 4) is 5.69 Å². The van der Waals surface area contributed by atoms with E-state index >= 15 is 0 Å². The van der Waals surface area contributed by atoms with Gasteiger partial charge in [-0.15, -0.1) is 5.10 Å². The van der Waals surface area contributed by atoms with Crippen LogP contribution < -0.4 is 11.2 Å². The molecule has 0 unspecified atom stereocenters. The van der Waals surface area contributed by atoms with Crippen LogP contribution in [0.5, 0.6) is 0 Å². The minimum atomic E-state index is -4.60. The molecule has 0 bridgehead atoms. The van der Waals surface area contributed by atoms with Gasteiger partial charge in [-0.1, -0.05) is 30.0 Å². The quantitative estimate of drug-likeness (QED) is 0.226. The summed E-state index contributed by atoms with van der Waals surface area (Å²) in [7, 11) is 1.69. The number of aromatic nitrogens is 3. The van der Waals surface area contributed by atoms with Gasteiger partial charge in [0.2, 0.25) is 0 Å². The van der Waals surface area contributed by atoms with Crippen LogP contribution in [0.25, 0.3) is 11.3 Å². The van der Waals surface area contributed by atoms with Crippen molar-refractivity contribution in [2.24, 2.45) is 5.84 Å². The van der Waals surface area contributed by atoms with Crippen LogP contribution in [0.3, 0.4) is 0 Å². The zero-order valence-electron chi connectivity index (χ0n) is 21.8. The lowest BCUT2D eigenvalue weighted by Crippen LogP contribution is -2.50. The minimum Gasteiger partial charge on any atom is -0.390 e. The van der Waals surface area contributed by atoms with E-state index in [1.807, 2.05) is 13.8 Å². The molecular formula is C27H30F3N7O2. The molecule has 0 radical (unpaired) electrons. The number of aryl methyl sites for hydroxylation is 1. The van der Waals surface area contributed by atoms with E-state index in [0.717, 1.165) is 17.3 Å². The number of carbonyl (C=O) groups is 1. The van der Waals surface area contributed by atoms with Crippen molar-refractivity contribution in [2.75, 3.05) is 25.5 Å². The molecular weight excluding hydrogens is 511 g/mol. The molecule has 4 N–H and O–H groups in total. The lowest BCUT2D eigenvalue weighted by molar-refractivity contribution is -0.138. The molecule has 4 rings (SSSR count). The number of alkyl halides is 3. The highest BCUT2D eigenvalue weighted by molar-refractivity contribution is 6.04. The summed E-state index contributed by atoms with van der Waals surface area (Å²) in [4.78, 5) is 14.8. The predicted octanol–water partition coefficient (Wildman–Crippen LogP) is 3.75. The van der Waals surface area contributed by atoms with Gasteiger partial charge in [-0.05, 0) is 49.2 Å². The topological polar surface area (TPSA) is 113 Å². The van der Waals surface area contributed by atoms with Crippen molar-refractivity contribution < 1.29 is 23.1 Å². The Hall–Kier alpha value is -4.00. The SMILES string of the molecule is C=C/C(=C(/C)N(C)N)c1cn(-c2cc(C(=O)Nc3ccc(CN4CC(O)C4)c(C(F)(F)F)c3)ccc2C)nn1. The number of anilines is 1. The molecule has 0 atom stereocenters. The summed E-state index contributed by atoms with van der Waals surface area (Å²) < 4.78 is 42.9. The lowest BCUT2D eigenvalue weighted by atomic mass is 10.0. The van der Waals surface area contributed by atoms with Gasteiger partial charge in [-0.2, -0.15) is 13.2 Å². The van der Waals surface area contributed by atoms with E-state index in [9.17, 15) is 23.1 Å². The van der Waals surface area contributed by atoms with E-state index in [-0.39, 0.29) is 23.4 Å². The van der Waals surface area contributed by atoms with E-state index in [1.54, 1.807) is 42.4 Å². The van der Waals surface area contributed by atoms with Crippen LogP contribution in [0.1, 0.15) is 39.7 Å². The van der Waals surface area contributed by atoms with E-state index in [0.29, 0.717) is 30.0 Å². The summed E-state index contributed by atoms with van der Waals surface area (Å²) in [6.07, 6.45) is -1.81. The fourth-order valence-corrected chi connectivity index (χ4v) is 4.30. The number of carbonyl (C=O) groups excluding carboxylic acids is 1. The van der Waals surface area contributed by atoms with Gasteiger partial charge in [0, 0.05) is 49.2 Å². The van der Waals surface area contributed by atoms with E-state index < -0.39 is 23.8 Å². The molecule has 2 heterocycles. The number of allylic oxidation sites excluding steroid dienone is 3. The molecule has 0 aliphatic carbocycles. The summed E-state index contributed by atoms with van der Waals surface area (Å²) >= 11 is 0. The number of nitrogens with one attached hydrogen (secondary N) is 1. The van der Waals surface area contributed by atoms with Crippen molar-refractivity contribution in [3.63, 3.8) is 0 Å². The second-order valence-corrected chi connectivity index (χ2v) is 9.54. The molecule has 1 fully saturated rings. The standard InChI is InChI=1S/C27H30F3N7O2/c1-5-22(17(3)35(4)31)24-15-37(34-33-24)25-10-18(7-6-16(25)2)26(39)32-20-9-8-19(12-36-13-21(38)14-36)23(11-20)27(28,29)30/h5-11,15,21,38H,1,12-14,31H2,2-4H3,(H,32,39)/b22-17+.